The second-order valence-electron chi connectivity index (χ2n) is 7.00. The zero-order chi connectivity index (χ0) is 18.9. The van der Waals surface area contributed by atoms with Crippen molar-refractivity contribution in [1.82, 2.24) is 0 Å². The van der Waals surface area contributed by atoms with E-state index < -0.39 is 17.4 Å². The molecular weight excluding hydrogens is 336 g/mol. The molecule has 3 heteroatoms. The number of hydrogen-bond acceptors (Lipinski definition) is 3. The molecule has 1 saturated carbocycles. The molecule has 1 unspecified atom stereocenters. The molecule has 1 aliphatic carbocycles. The molecule has 0 bridgehead atoms. The third kappa shape index (κ3) is 2.75. The first-order valence-corrected chi connectivity index (χ1v) is 9.12. The largest absolute Gasteiger partial charge is 0.469 e. The fourth-order valence-corrected chi connectivity index (χ4v) is 4.49. The van der Waals surface area contributed by atoms with Gasteiger partial charge in [-0.1, -0.05) is 91.0 Å². The first-order chi connectivity index (χ1) is 13.2. The maximum atomic E-state index is 12.7. The summed E-state index contributed by atoms with van der Waals surface area (Å²) in [6.07, 6.45) is -0.824. The smallest absolute Gasteiger partial charge is 0.310 e. The van der Waals surface area contributed by atoms with Crippen molar-refractivity contribution < 1.29 is 14.6 Å². The van der Waals surface area contributed by atoms with Gasteiger partial charge in [0.1, 0.15) is 0 Å². The fourth-order valence-electron chi connectivity index (χ4n) is 4.49. The molecular formula is C24H22O3. The molecule has 0 spiro atoms. The molecule has 1 fully saturated rings. The monoisotopic (exact) mass is 358 g/mol. The number of esters is 1. The van der Waals surface area contributed by atoms with Gasteiger partial charge >= 0.3 is 5.97 Å². The number of methoxy groups -OCH3 is 1. The lowest BCUT2D eigenvalue weighted by molar-refractivity contribution is -0.143. The molecule has 0 aliphatic heterocycles. The molecule has 3 aromatic rings. The van der Waals surface area contributed by atoms with Gasteiger partial charge in [-0.3, -0.25) is 4.79 Å². The van der Waals surface area contributed by atoms with Gasteiger partial charge in [-0.2, -0.15) is 0 Å². The Balaban J connectivity index is 1.91. The van der Waals surface area contributed by atoms with Crippen molar-refractivity contribution in [3.63, 3.8) is 0 Å². The van der Waals surface area contributed by atoms with Crippen LogP contribution in [0.1, 0.15) is 28.7 Å². The van der Waals surface area contributed by atoms with Crippen molar-refractivity contribution in [3.05, 3.63) is 108 Å². The molecule has 0 saturated heterocycles. The Kier molecular flexibility index (Phi) is 4.54. The third-order valence-corrected chi connectivity index (χ3v) is 5.71. The number of rotatable bonds is 5. The molecule has 4 atom stereocenters. The fraction of sp³-hybridized carbons (Fsp3) is 0.208. The second kappa shape index (κ2) is 7.01. The Morgan fingerprint density at radius 2 is 1.41 bits per heavy atom. The van der Waals surface area contributed by atoms with Crippen LogP contribution in [0.4, 0.5) is 0 Å². The zero-order valence-corrected chi connectivity index (χ0v) is 15.2. The Morgan fingerprint density at radius 1 is 0.889 bits per heavy atom. The summed E-state index contributed by atoms with van der Waals surface area (Å²) in [5, 5.41) is 11.5. The molecule has 136 valence electrons. The summed E-state index contributed by atoms with van der Waals surface area (Å²) >= 11 is 0. The van der Waals surface area contributed by atoms with Crippen molar-refractivity contribution in [1.29, 1.82) is 0 Å². The van der Waals surface area contributed by atoms with E-state index >= 15 is 0 Å². The highest BCUT2D eigenvalue weighted by atomic mass is 16.5. The molecule has 1 aliphatic rings. The van der Waals surface area contributed by atoms with Gasteiger partial charge in [-0.25, -0.2) is 0 Å². The van der Waals surface area contributed by atoms with Crippen molar-refractivity contribution in [3.8, 4) is 0 Å². The number of carbonyl (C=O) groups is 1. The number of hydrogen-bond donors (Lipinski definition) is 1. The average molecular weight is 358 g/mol. The van der Waals surface area contributed by atoms with Crippen molar-refractivity contribution in [2.45, 2.75) is 17.4 Å². The van der Waals surface area contributed by atoms with Crippen molar-refractivity contribution >= 4 is 5.97 Å². The second-order valence-corrected chi connectivity index (χ2v) is 7.00. The Bertz CT molecular complexity index is 908. The van der Waals surface area contributed by atoms with E-state index in [9.17, 15) is 9.90 Å². The third-order valence-electron chi connectivity index (χ3n) is 5.71. The zero-order valence-electron chi connectivity index (χ0n) is 15.2. The highest BCUT2D eigenvalue weighted by molar-refractivity contribution is 5.83. The number of carbonyl (C=O) groups excluding carboxylic acids is 1. The number of aliphatic hydroxyl groups is 1. The summed E-state index contributed by atoms with van der Waals surface area (Å²) in [4.78, 5) is 12.7. The van der Waals surface area contributed by atoms with Gasteiger partial charge in [0.2, 0.25) is 0 Å². The SMILES string of the molecule is COC(=O)[C@@H]1[C@@H](c2ccccc2)[C@@]1(c1ccccc1)C(O)c1ccccc1. The topological polar surface area (TPSA) is 46.5 Å². The van der Waals surface area contributed by atoms with E-state index in [2.05, 4.69) is 0 Å². The number of ether oxygens (including phenoxy) is 1. The van der Waals surface area contributed by atoms with Crippen molar-refractivity contribution in [2.24, 2.45) is 5.92 Å². The van der Waals surface area contributed by atoms with Gasteiger partial charge in [0.25, 0.3) is 0 Å². The maximum absolute atomic E-state index is 12.7. The minimum absolute atomic E-state index is 0.149. The highest BCUT2D eigenvalue weighted by Crippen LogP contribution is 2.71. The summed E-state index contributed by atoms with van der Waals surface area (Å²) in [7, 11) is 1.41. The minimum atomic E-state index is -0.824. The van der Waals surface area contributed by atoms with Crippen LogP contribution < -0.4 is 0 Å². The average Bonchev–Trinajstić information content (AvgIpc) is 3.46. The maximum Gasteiger partial charge on any atom is 0.310 e. The number of aliphatic hydroxyl groups excluding tert-OH is 1. The van der Waals surface area contributed by atoms with E-state index in [1.54, 1.807) is 0 Å². The quantitative estimate of drug-likeness (QED) is 0.694. The molecule has 27 heavy (non-hydrogen) atoms. The van der Waals surface area contributed by atoms with Crippen LogP contribution in [0.15, 0.2) is 91.0 Å². The Morgan fingerprint density at radius 3 is 1.96 bits per heavy atom. The first kappa shape index (κ1) is 17.5. The van der Waals surface area contributed by atoms with Gasteiger partial charge in [0, 0.05) is 11.3 Å². The van der Waals surface area contributed by atoms with Crippen LogP contribution in [0.2, 0.25) is 0 Å². The van der Waals surface area contributed by atoms with E-state index in [1.165, 1.54) is 7.11 Å². The lowest BCUT2D eigenvalue weighted by atomic mass is 9.81. The lowest BCUT2D eigenvalue weighted by Gasteiger charge is -2.26. The summed E-state index contributed by atoms with van der Waals surface area (Å²) in [6, 6.07) is 29.3. The van der Waals surface area contributed by atoms with E-state index in [-0.39, 0.29) is 11.9 Å². The van der Waals surface area contributed by atoms with Gasteiger partial charge < -0.3 is 9.84 Å². The van der Waals surface area contributed by atoms with E-state index in [0.29, 0.717) is 0 Å². The van der Waals surface area contributed by atoms with E-state index in [1.807, 2.05) is 91.0 Å². The van der Waals surface area contributed by atoms with Crippen LogP contribution >= 0.6 is 0 Å². The van der Waals surface area contributed by atoms with Crippen LogP contribution in [0.25, 0.3) is 0 Å². The molecule has 3 aromatic carbocycles. The van der Waals surface area contributed by atoms with Crippen molar-refractivity contribution in [2.75, 3.05) is 7.11 Å². The van der Waals surface area contributed by atoms with E-state index in [4.69, 9.17) is 4.74 Å². The lowest BCUT2D eigenvalue weighted by Crippen LogP contribution is -2.25. The molecule has 0 amide bonds. The highest BCUT2D eigenvalue weighted by Gasteiger charge is 2.73. The van der Waals surface area contributed by atoms with Crippen LogP contribution in [0, 0.1) is 5.92 Å². The molecule has 0 aromatic heterocycles. The Hall–Kier alpha value is -2.91. The van der Waals surface area contributed by atoms with E-state index in [0.717, 1.165) is 16.7 Å². The molecule has 4 rings (SSSR count). The van der Waals surface area contributed by atoms with Gasteiger partial charge in [-0.05, 0) is 16.7 Å². The van der Waals surface area contributed by atoms with Crippen LogP contribution in [0.5, 0.6) is 0 Å². The number of benzene rings is 3. The Labute approximate surface area is 159 Å². The minimum Gasteiger partial charge on any atom is -0.469 e. The summed E-state index contributed by atoms with van der Waals surface area (Å²) < 4.78 is 5.14. The molecule has 3 nitrogen and oxygen atoms in total. The van der Waals surface area contributed by atoms with Crippen LogP contribution in [-0.2, 0) is 14.9 Å². The normalized spacial score (nSPS) is 24.8. The summed E-state index contributed by atoms with van der Waals surface area (Å²) in [6.45, 7) is 0. The predicted molar refractivity (Wildman–Crippen MR) is 104 cm³/mol. The van der Waals surface area contributed by atoms with Gasteiger partial charge in [0.05, 0.1) is 19.1 Å². The van der Waals surface area contributed by atoms with Crippen LogP contribution in [-0.4, -0.2) is 18.2 Å². The molecule has 0 heterocycles. The molecule has 1 N–H and O–H groups in total. The van der Waals surface area contributed by atoms with Gasteiger partial charge in [-0.15, -0.1) is 0 Å². The summed E-state index contributed by atoms with van der Waals surface area (Å²) in [5.74, 6) is -0.881. The van der Waals surface area contributed by atoms with Gasteiger partial charge in [0.15, 0.2) is 0 Å². The standard InChI is InChI=1S/C24H22O3/c1-27-23(26)21-20(17-11-5-2-6-12-17)24(21,19-15-9-4-10-16-19)22(25)18-13-7-3-8-14-18/h2-16,20-22,25H,1H3/t20-,21+,22?,24-/m1/s1. The van der Waals surface area contributed by atoms with Crippen LogP contribution in [0.3, 0.4) is 0 Å². The molecule has 0 radical (unpaired) electrons. The summed E-state index contributed by atoms with van der Waals surface area (Å²) in [5.41, 5.74) is 2.03. The predicted octanol–water partition coefficient (Wildman–Crippen LogP) is 4.24. The first-order valence-electron chi connectivity index (χ1n) is 9.12.